The first-order chi connectivity index (χ1) is 14.6. The van der Waals surface area contributed by atoms with Gasteiger partial charge < -0.3 is 9.15 Å². The Hall–Kier alpha value is -2.81. The molecule has 31 heavy (non-hydrogen) atoms. The normalized spacial score (nSPS) is 12.2. The second kappa shape index (κ2) is 9.13. The van der Waals surface area contributed by atoms with Gasteiger partial charge in [0.25, 0.3) is 11.8 Å². The van der Waals surface area contributed by atoms with Gasteiger partial charge in [0.05, 0.1) is 36.1 Å². The molecule has 0 N–H and O–H groups in total. The van der Waals surface area contributed by atoms with Crippen molar-refractivity contribution in [1.29, 1.82) is 0 Å². The van der Waals surface area contributed by atoms with E-state index in [0.29, 0.717) is 0 Å². The van der Waals surface area contributed by atoms with Crippen LogP contribution in [0, 0.1) is 0 Å². The van der Waals surface area contributed by atoms with E-state index in [0.717, 1.165) is 27.9 Å². The van der Waals surface area contributed by atoms with E-state index in [9.17, 15) is 26.0 Å². The first kappa shape index (κ1) is 22.9. The molecule has 0 spiro atoms. The minimum Gasteiger partial charge on any atom is -0.433 e. The largest absolute Gasteiger partial charge is 0.433 e. The molecule has 0 amide bonds. The molecule has 3 rings (SSSR count). The lowest BCUT2D eigenvalue weighted by Crippen LogP contribution is -2.36. The van der Waals surface area contributed by atoms with Crippen LogP contribution < -0.4 is 9.04 Å². The van der Waals surface area contributed by atoms with E-state index >= 15 is 0 Å². The summed E-state index contributed by atoms with van der Waals surface area (Å²) in [5.74, 6) is -1.36. The Morgan fingerprint density at radius 2 is 1.90 bits per heavy atom. The van der Waals surface area contributed by atoms with Gasteiger partial charge in [-0.3, -0.25) is 9.29 Å². The Bertz CT molecular complexity index is 1140. The minimum absolute atomic E-state index is 0.0126. The van der Waals surface area contributed by atoms with E-state index in [1.807, 2.05) is 0 Å². The van der Waals surface area contributed by atoms with Crippen LogP contribution in [0.1, 0.15) is 31.2 Å². The van der Waals surface area contributed by atoms with Crippen molar-refractivity contribution in [3.63, 3.8) is 0 Å². The van der Waals surface area contributed by atoms with E-state index in [4.69, 9.17) is 4.42 Å². The zero-order valence-electron chi connectivity index (χ0n) is 15.9. The predicted octanol–water partition coefficient (Wildman–Crippen LogP) is 3.87. The van der Waals surface area contributed by atoms with E-state index in [2.05, 4.69) is 24.9 Å². The molecule has 0 bridgehead atoms. The summed E-state index contributed by atoms with van der Waals surface area (Å²) in [5.41, 5.74) is -0.0126. The first-order valence-corrected chi connectivity index (χ1v) is 10.9. The monoisotopic (exact) mass is 481 g/mol. The second-order valence-corrected chi connectivity index (χ2v) is 9.75. The Kier molecular flexibility index (Phi) is 6.74. The molecule has 0 saturated carbocycles. The van der Waals surface area contributed by atoms with E-state index in [1.165, 1.54) is 26.2 Å². The van der Waals surface area contributed by atoms with Crippen molar-refractivity contribution >= 4 is 27.0 Å². The lowest BCUT2D eigenvalue weighted by atomic mass is 10.4. The number of rotatable bonds is 9. The summed E-state index contributed by atoms with van der Waals surface area (Å²) in [6.07, 6.45) is 0.542. The van der Waals surface area contributed by atoms with Crippen molar-refractivity contribution in [2.45, 2.75) is 38.7 Å². The van der Waals surface area contributed by atoms with Gasteiger partial charge in [-0.1, -0.05) is 0 Å². The second-order valence-electron chi connectivity index (χ2n) is 6.22. The van der Waals surface area contributed by atoms with Gasteiger partial charge >= 0.3 is 13.0 Å². The number of hydrogen-bond donors (Lipinski definition) is 0. The highest BCUT2D eigenvalue weighted by Gasteiger charge is 2.29. The molecule has 0 radical (unpaired) electrons. The Morgan fingerprint density at radius 1 is 1.16 bits per heavy atom. The van der Waals surface area contributed by atoms with Crippen LogP contribution in [0.5, 0.6) is 5.75 Å². The molecule has 0 fully saturated rings. The molecule has 0 aliphatic carbocycles. The van der Waals surface area contributed by atoms with Crippen molar-refractivity contribution in [1.82, 2.24) is 20.2 Å². The molecule has 15 heteroatoms. The Morgan fingerprint density at radius 3 is 2.52 bits per heavy atom. The van der Waals surface area contributed by atoms with Gasteiger partial charge in [0.15, 0.2) is 0 Å². The van der Waals surface area contributed by atoms with Crippen LogP contribution in [0.25, 0.3) is 10.8 Å². The maximum Gasteiger partial charge on any atom is 0.387 e. The van der Waals surface area contributed by atoms with Crippen LogP contribution >= 0.6 is 11.3 Å². The molecular formula is C16H15F4N5O4S2. The number of aromatic nitrogens is 4. The molecular weight excluding hydrogens is 466 g/mol. The smallest absolute Gasteiger partial charge is 0.387 e. The van der Waals surface area contributed by atoms with E-state index in [-0.39, 0.29) is 33.8 Å². The molecule has 9 nitrogen and oxygen atoms in total. The standard InChI is InChI=1S/C16H15F4N5O4S2/c1-8(2)31(26,27)25(9-3-10(5-21-4-9)28-16(19)20)7-12-22-6-11(30-12)14-23-24-15(29-14)13(17)18/h3-6,8,13,16H,7H2,1-2H3. The van der Waals surface area contributed by atoms with Crippen LogP contribution in [0.3, 0.4) is 0 Å². The van der Waals surface area contributed by atoms with E-state index in [1.54, 1.807) is 0 Å². The maximum atomic E-state index is 12.9. The van der Waals surface area contributed by atoms with Crippen molar-refractivity contribution in [2.24, 2.45) is 0 Å². The summed E-state index contributed by atoms with van der Waals surface area (Å²) in [6, 6.07) is 1.11. The predicted molar refractivity (Wildman–Crippen MR) is 101 cm³/mol. The lowest BCUT2D eigenvalue weighted by molar-refractivity contribution is -0.0500. The number of anilines is 1. The summed E-state index contributed by atoms with van der Waals surface area (Å²) in [7, 11) is -3.93. The van der Waals surface area contributed by atoms with Crippen molar-refractivity contribution in [2.75, 3.05) is 4.31 Å². The van der Waals surface area contributed by atoms with Gasteiger partial charge in [-0.2, -0.15) is 17.6 Å². The number of pyridine rings is 1. The molecule has 168 valence electrons. The van der Waals surface area contributed by atoms with Crippen molar-refractivity contribution < 1.29 is 35.1 Å². The fourth-order valence-corrected chi connectivity index (χ4v) is 4.44. The molecule has 0 saturated heterocycles. The SMILES string of the molecule is CC(C)S(=O)(=O)N(Cc1ncc(-c2nnc(C(F)F)o2)s1)c1cncc(OC(F)F)c1. The molecule has 0 aromatic carbocycles. The highest BCUT2D eigenvalue weighted by atomic mass is 32.2. The third kappa shape index (κ3) is 5.28. The fourth-order valence-electron chi connectivity index (χ4n) is 2.32. The fraction of sp³-hybridized carbons (Fsp3) is 0.375. The van der Waals surface area contributed by atoms with Crippen LogP contribution in [0.4, 0.5) is 23.2 Å². The number of thiazole rings is 1. The summed E-state index contributed by atoms with van der Waals surface area (Å²) in [5, 5.41) is 6.16. The lowest BCUT2D eigenvalue weighted by Gasteiger charge is -2.25. The number of sulfonamides is 1. The Labute approximate surface area is 177 Å². The average molecular weight is 481 g/mol. The molecule has 3 aromatic rings. The third-order valence-electron chi connectivity index (χ3n) is 3.79. The molecule has 0 atom stereocenters. The quantitative estimate of drug-likeness (QED) is 0.424. The van der Waals surface area contributed by atoms with Gasteiger partial charge in [-0.25, -0.2) is 13.4 Å². The summed E-state index contributed by atoms with van der Waals surface area (Å²) < 4.78 is 86.2. The van der Waals surface area contributed by atoms with Gasteiger partial charge in [0.2, 0.25) is 10.0 Å². The molecule has 0 aliphatic rings. The van der Waals surface area contributed by atoms with E-state index < -0.39 is 34.2 Å². The number of alkyl halides is 4. The number of nitrogens with zero attached hydrogens (tertiary/aromatic N) is 5. The van der Waals surface area contributed by atoms with Crippen LogP contribution in [0.2, 0.25) is 0 Å². The van der Waals surface area contributed by atoms with Gasteiger partial charge in [-0.05, 0) is 13.8 Å². The molecule has 0 aliphatic heterocycles. The highest BCUT2D eigenvalue weighted by Crippen LogP contribution is 2.31. The maximum absolute atomic E-state index is 12.9. The van der Waals surface area contributed by atoms with Crippen LogP contribution in [-0.2, 0) is 16.6 Å². The molecule has 3 aromatic heterocycles. The first-order valence-electron chi connectivity index (χ1n) is 8.56. The minimum atomic E-state index is -3.93. The number of ether oxygens (including phenoxy) is 1. The van der Waals surface area contributed by atoms with Crippen LogP contribution in [-0.4, -0.2) is 40.4 Å². The summed E-state index contributed by atoms with van der Waals surface area (Å²) >= 11 is 0.947. The topological polar surface area (TPSA) is 111 Å². The van der Waals surface area contributed by atoms with Gasteiger partial charge in [-0.15, -0.1) is 21.5 Å². The van der Waals surface area contributed by atoms with Crippen LogP contribution in [0.15, 0.2) is 29.1 Å². The highest BCUT2D eigenvalue weighted by molar-refractivity contribution is 7.93. The van der Waals surface area contributed by atoms with Crippen molar-refractivity contribution in [3.05, 3.63) is 35.6 Å². The summed E-state index contributed by atoms with van der Waals surface area (Å²) in [4.78, 5) is 8.09. The molecule has 3 heterocycles. The zero-order valence-corrected chi connectivity index (χ0v) is 17.6. The third-order valence-corrected chi connectivity index (χ3v) is 6.90. The zero-order chi connectivity index (χ0) is 22.8. The average Bonchev–Trinajstić information content (AvgIpc) is 3.35. The number of halogens is 4. The van der Waals surface area contributed by atoms with Gasteiger partial charge in [0, 0.05) is 6.07 Å². The van der Waals surface area contributed by atoms with Gasteiger partial charge in [0.1, 0.15) is 15.6 Å². The van der Waals surface area contributed by atoms with Crippen molar-refractivity contribution in [3.8, 4) is 16.5 Å². The Balaban J connectivity index is 1.92. The number of hydrogen-bond acceptors (Lipinski definition) is 9. The summed E-state index contributed by atoms with van der Waals surface area (Å²) in [6.45, 7) is -0.484. The molecule has 0 unspecified atom stereocenters.